The average molecular weight is 354 g/mol. The number of rotatable bonds is 1. The van der Waals surface area contributed by atoms with Gasteiger partial charge in [-0.1, -0.05) is 18.2 Å². The predicted molar refractivity (Wildman–Crippen MR) is 96.9 cm³/mol. The topological polar surface area (TPSA) is 61.8 Å². The first-order valence-electron chi connectivity index (χ1n) is 9.97. The molecule has 0 radical (unpaired) electrons. The van der Waals surface area contributed by atoms with E-state index in [1.54, 1.807) is 0 Å². The Morgan fingerprint density at radius 2 is 2.12 bits per heavy atom. The van der Waals surface area contributed by atoms with Gasteiger partial charge in [-0.2, -0.15) is 0 Å². The lowest BCUT2D eigenvalue weighted by molar-refractivity contribution is -0.196. The number of carbonyl (C=O) groups is 1. The van der Waals surface area contributed by atoms with Gasteiger partial charge in [0.05, 0.1) is 24.7 Å². The zero-order valence-electron chi connectivity index (χ0n) is 15.2. The Balaban J connectivity index is 1.66. The van der Waals surface area contributed by atoms with Gasteiger partial charge >= 0.3 is 5.97 Å². The van der Waals surface area contributed by atoms with Crippen LogP contribution >= 0.6 is 0 Å². The molecule has 1 aromatic rings. The summed E-state index contributed by atoms with van der Waals surface area (Å²) in [4.78, 5) is 15.6. The van der Waals surface area contributed by atoms with Gasteiger partial charge in [-0.05, 0) is 50.3 Å². The van der Waals surface area contributed by atoms with Crippen molar-refractivity contribution in [3.8, 4) is 0 Å². The number of para-hydroxylation sites is 1. The fourth-order valence-electron chi connectivity index (χ4n) is 7.99. The van der Waals surface area contributed by atoms with E-state index in [1.807, 2.05) is 0 Å². The molecule has 5 fully saturated rings. The van der Waals surface area contributed by atoms with Gasteiger partial charge < -0.3 is 15.2 Å². The Labute approximate surface area is 153 Å². The van der Waals surface area contributed by atoms with E-state index < -0.39 is 0 Å². The third-order valence-electron chi connectivity index (χ3n) is 8.73. The number of hydrogen-bond donors (Lipinski definition) is 2. The van der Waals surface area contributed by atoms with E-state index >= 15 is 0 Å². The van der Waals surface area contributed by atoms with Crippen molar-refractivity contribution in [3.05, 3.63) is 29.8 Å². The zero-order chi connectivity index (χ0) is 17.7. The lowest BCUT2D eigenvalue weighted by Crippen LogP contribution is -2.79. The van der Waals surface area contributed by atoms with Crippen molar-refractivity contribution >= 4 is 11.7 Å². The molecule has 138 valence electrons. The Hall–Kier alpha value is -1.59. The van der Waals surface area contributed by atoms with E-state index in [4.69, 9.17) is 4.74 Å². The minimum absolute atomic E-state index is 0.0969. The SMILES string of the molecule is COC(=O)[C@H]1C[C@@]23CC[C@@]14Nc1ccccc1[C@]41CCN(CC[C@@H]2O)[C@H]31. The molecule has 7 rings (SSSR count). The number of hydrogen-bond acceptors (Lipinski definition) is 5. The third kappa shape index (κ3) is 1.38. The Kier molecular flexibility index (Phi) is 2.75. The number of fused-ring (bicyclic) bond motifs is 3. The van der Waals surface area contributed by atoms with E-state index in [0.29, 0.717) is 6.04 Å². The van der Waals surface area contributed by atoms with Crippen molar-refractivity contribution < 1.29 is 14.6 Å². The minimum atomic E-state index is -0.322. The smallest absolute Gasteiger partial charge is 0.311 e. The van der Waals surface area contributed by atoms with Crippen LogP contribution in [0.2, 0.25) is 0 Å². The summed E-state index contributed by atoms with van der Waals surface area (Å²) >= 11 is 0. The molecule has 3 saturated carbocycles. The molecule has 0 amide bonds. The second kappa shape index (κ2) is 4.63. The molecule has 5 heteroatoms. The van der Waals surface area contributed by atoms with Crippen LogP contribution in [0.25, 0.3) is 0 Å². The number of ether oxygens (including phenoxy) is 1. The van der Waals surface area contributed by atoms with Crippen LogP contribution in [0.1, 0.15) is 37.7 Å². The molecule has 3 aliphatic carbocycles. The van der Waals surface area contributed by atoms with Crippen molar-refractivity contribution in [3.63, 3.8) is 0 Å². The lowest BCUT2D eigenvalue weighted by atomic mass is 9.38. The van der Waals surface area contributed by atoms with E-state index in [-0.39, 0.29) is 34.4 Å². The number of benzene rings is 1. The number of anilines is 1. The van der Waals surface area contributed by atoms with Gasteiger partial charge in [-0.15, -0.1) is 0 Å². The molecule has 5 nitrogen and oxygen atoms in total. The second-order valence-electron chi connectivity index (χ2n) is 9.12. The van der Waals surface area contributed by atoms with Crippen LogP contribution in [0.5, 0.6) is 0 Å². The number of nitrogens with one attached hydrogen (secondary N) is 1. The molecule has 2 bridgehead atoms. The van der Waals surface area contributed by atoms with Crippen LogP contribution in [0.4, 0.5) is 5.69 Å². The summed E-state index contributed by atoms with van der Waals surface area (Å²) in [7, 11) is 1.50. The molecule has 1 aromatic carbocycles. The molecule has 0 aromatic heterocycles. The first-order valence-corrected chi connectivity index (χ1v) is 9.97. The van der Waals surface area contributed by atoms with Gasteiger partial charge in [0.25, 0.3) is 0 Å². The summed E-state index contributed by atoms with van der Waals surface area (Å²) in [5.74, 6) is -0.309. The molecule has 3 heterocycles. The highest BCUT2D eigenvalue weighted by atomic mass is 16.5. The molecule has 2 saturated heterocycles. The lowest BCUT2D eigenvalue weighted by Gasteiger charge is -2.69. The van der Waals surface area contributed by atoms with Crippen LogP contribution in [0, 0.1) is 11.3 Å². The first kappa shape index (κ1) is 15.5. The maximum atomic E-state index is 12.9. The molecule has 3 spiro atoms. The average Bonchev–Trinajstić information content (AvgIpc) is 3.21. The highest BCUT2D eigenvalue weighted by molar-refractivity contribution is 5.80. The highest BCUT2D eigenvalue weighted by Crippen LogP contribution is 2.74. The first-order chi connectivity index (χ1) is 12.6. The second-order valence-corrected chi connectivity index (χ2v) is 9.12. The summed E-state index contributed by atoms with van der Waals surface area (Å²) in [5, 5.41) is 15.0. The van der Waals surface area contributed by atoms with Crippen LogP contribution in [0.3, 0.4) is 0 Å². The Bertz CT molecular complexity index is 812. The molecule has 2 N–H and O–H groups in total. The van der Waals surface area contributed by atoms with E-state index in [1.165, 1.54) is 18.4 Å². The highest BCUT2D eigenvalue weighted by Gasteiger charge is 2.80. The van der Waals surface area contributed by atoms with Crippen molar-refractivity contribution in [1.82, 2.24) is 4.90 Å². The number of carbonyl (C=O) groups excluding carboxylic acids is 1. The van der Waals surface area contributed by atoms with Crippen LogP contribution in [-0.2, 0) is 14.9 Å². The van der Waals surface area contributed by atoms with Crippen molar-refractivity contribution in [2.24, 2.45) is 11.3 Å². The summed E-state index contributed by atoms with van der Waals surface area (Å²) in [6, 6.07) is 8.94. The number of esters is 1. The Morgan fingerprint density at radius 1 is 1.27 bits per heavy atom. The van der Waals surface area contributed by atoms with E-state index in [9.17, 15) is 9.90 Å². The van der Waals surface area contributed by atoms with Crippen LogP contribution in [-0.4, -0.2) is 53.9 Å². The van der Waals surface area contributed by atoms with Gasteiger partial charge in [0, 0.05) is 29.1 Å². The van der Waals surface area contributed by atoms with Crippen LogP contribution < -0.4 is 5.32 Å². The normalized spacial score (nSPS) is 47.7. The summed E-state index contributed by atoms with van der Waals surface area (Å²) < 4.78 is 5.28. The number of methoxy groups -OCH3 is 1. The number of aliphatic hydroxyl groups is 1. The Morgan fingerprint density at radius 3 is 2.96 bits per heavy atom. The van der Waals surface area contributed by atoms with Crippen molar-refractivity contribution in [1.29, 1.82) is 0 Å². The van der Waals surface area contributed by atoms with Gasteiger partial charge in [0.1, 0.15) is 0 Å². The number of aliphatic hydroxyl groups excluding tert-OH is 1. The molecular weight excluding hydrogens is 328 g/mol. The van der Waals surface area contributed by atoms with Crippen molar-refractivity contribution in [2.45, 2.75) is 55.2 Å². The minimum Gasteiger partial charge on any atom is -0.469 e. The molecular formula is C21H26N2O3. The number of piperidine rings is 1. The summed E-state index contributed by atoms with van der Waals surface area (Å²) in [6.07, 6.45) is 4.22. The number of nitrogens with zero attached hydrogens (tertiary/aromatic N) is 1. The predicted octanol–water partition coefficient (Wildman–Crippen LogP) is 1.90. The standard InChI is InChI=1S/C21H26N2O3/c1-26-17(25)14-12-19-7-8-21(14)20(13-4-2-3-5-15(13)22-21)9-11-23(18(19)20)10-6-16(19)24/h2-5,14,16,18,22,24H,6-12H2,1H3/t14-,16+,18-,19+,20+,21-/m1/s1. The van der Waals surface area contributed by atoms with Crippen molar-refractivity contribution in [2.75, 3.05) is 25.5 Å². The molecule has 6 aliphatic rings. The maximum Gasteiger partial charge on any atom is 0.311 e. The monoisotopic (exact) mass is 354 g/mol. The molecule has 3 aliphatic heterocycles. The quantitative estimate of drug-likeness (QED) is 0.755. The fourth-order valence-corrected chi connectivity index (χ4v) is 7.99. The van der Waals surface area contributed by atoms with Gasteiger partial charge in [-0.25, -0.2) is 0 Å². The van der Waals surface area contributed by atoms with Gasteiger partial charge in [-0.3, -0.25) is 9.69 Å². The van der Waals surface area contributed by atoms with Crippen LogP contribution in [0.15, 0.2) is 24.3 Å². The van der Waals surface area contributed by atoms with Gasteiger partial charge in [0.2, 0.25) is 0 Å². The fraction of sp³-hybridized carbons (Fsp3) is 0.667. The van der Waals surface area contributed by atoms with E-state index in [0.717, 1.165) is 45.2 Å². The van der Waals surface area contributed by atoms with Gasteiger partial charge in [0.15, 0.2) is 0 Å². The largest absolute Gasteiger partial charge is 0.469 e. The maximum absolute atomic E-state index is 12.9. The zero-order valence-corrected chi connectivity index (χ0v) is 15.2. The molecule has 6 atom stereocenters. The molecule has 26 heavy (non-hydrogen) atoms. The third-order valence-corrected chi connectivity index (χ3v) is 8.73. The van der Waals surface area contributed by atoms with E-state index in [2.05, 4.69) is 34.5 Å². The summed E-state index contributed by atoms with van der Waals surface area (Å²) in [5.41, 5.74) is 1.98. The molecule has 0 unspecified atom stereocenters. The summed E-state index contributed by atoms with van der Waals surface area (Å²) in [6.45, 7) is 2.03.